The molecular weight excluding hydrogens is 288 g/mol. The molecule has 4 aliphatic rings. The van der Waals surface area contributed by atoms with Gasteiger partial charge in [0.15, 0.2) is 0 Å². The largest absolute Gasteiger partial charge is 0.300 e. The molecule has 0 aliphatic heterocycles. The lowest BCUT2D eigenvalue weighted by molar-refractivity contribution is -0.150. The lowest BCUT2D eigenvalue weighted by Crippen LogP contribution is -2.53. The smallest absolute Gasteiger partial charge is 0.137 e. The summed E-state index contributed by atoms with van der Waals surface area (Å²) in [6.07, 6.45) is 7.20. The van der Waals surface area contributed by atoms with Crippen LogP contribution < -0.4 is 0 Å². The molecule has 0 aromatic heterocycles. The molecule has 0 unspecified atom stereocenters. The first-order chi connectivity index (χ1) is 10.9. The van der Waals surface area contributed by atoms with Gasteiger partial charge in [0.2, 0.25) is 0 Å². The van der Waals surface area contributed by atoms with Crippen molar-refractivity contribution in [2.75, 3.05) is 0 Å². The Bertz CT molecular complexity index is 565. The second-order valence-corrected chi connectivity index (χ2v) is 8.97. The molecule has 3 nitrogen and oxygen atoms in total. The molecule has 4 aliphatic carbocycles. The fraction of sp³-hybridized carbons (Fsp3) is 0.850. The minimum atomic E-state index is -0.0958. The van der Waals surface area contributed by atoms with Crippen molar-refractivity contribution in [3.63, 3.8) is 0 Å². The van der Waals surface area contributed by atoms with Gasteiger partial charge in [0, 0.05) is 31.1 Å². The van der Waals surface area contributed by atoms with Crippen molar-refractivity contribution in [3.05, 3.63) is 0 Å². The van der Waals surface area contributed by atoms with Crippen molar-refractivity contribution in [2.45, 2.75) is 65.2 Å². The van der Waals surface area contributed by atoms with E-state index in [4.69, 9.17) is 0 Å². The van der Waals surface area contributed by atoms with E-state index >= 15 is 0 Å². The van der Waals surface area contributed by atoms with Crippen molar-refractivity contribution in [1.82, 2.24) is 0 Å². The molecule has 0 amide bonds. The van der Waals surface area contributed by atoms with E-state index < -0.39 is 0 Å². The molecule has 0 radical (unpaired) electrons. The number of Topliss-reactive ketones (excluding diaryl/α,β-unsaturated/α-hetero) is 3. The summed E-state index contributed by atoms with van der Waals surface area (Å²) >= 11 is 0. The fourth-order valence-electron chi connectivity index (χ4n) is 7.11. The highest BCUT2D eigenvalue weighted by Crippen LogP contribution is 2.63. The van der Waals surface area contributed by atoms with E-state index in [-0.39, 0.29) is 23.0 Å². The van der Waals surface area contributed by atoms with Crippen LogP contribution in [0.15, 0.2) is 0 Å². The Morgan fingerprint density at radius 2 is 1.83 bits per heavy atom. The molecule has 0 bridgehead atoms. The maximum Gasteiger partial charge on any atom is 0.137 e. The molecule has 4 rings (SSSR count). The zero-order valence-electron chi connectivity index (χ0n) is 14.3. The third-order valence-corrected chi connectivity index (χ3v) is 7.99. The molecule has 0 spiro atoms. The quantitative estimate of drug-likeness (QED) is 0.743. The summed E-state index contributed by atoms with van der Waals surface area (Å²) in [6.45, 7) is 3.92. The Hall–Kier alpha value is -0.990. The summed E-state index contributed by atoms with van der Waals surface area (Å²) < 4.78 is 0. The minimum absolute atomic E-state index is 0.0862. The van der Waals surface area contributed by atoms with E-state index in [2.05, 4.69) is 6.92 Å². The molecule has 126 valence electrons. The van der Waals surface area contributed by atoms with Gasteiger partial charge in [0.05, 0.1) is 0 Å². The van der Waals surface area contributed by atoms with Crippen LogP contribution in [0.2, 0.25) is 0 Å². The van der Waals surface area contributed by atoms with Crippen LogP contribution in [-0.4, -0.2) is 17.3 Å². The molecular formula is C20H28O3. The summed E-state index contributed by atoms with van der Waals surface area (Å²) in [4.78, 5) is 37.0. The van der Waals surface area contributed by atoms with Crippen molar-refractivity contribution >= 4 is 17.3 Å². The summed E-state index contributed by atoms with van der Waals surface area (Å²) in [5, 5.41) is 0. The van der Waals surface area contributed by atoms with Gasteiger partial charge in [-0.15, -0.1) is 0 Å². The summed E-state index contributed by atoms with van der Waals surface area (Å²) in [6, 6.07) is 0. The molecule has 7 atom stereocenters. The second-order valence-electron chi connectivity index (χ2n) is 8.97. The third-order valence-electron chi connectivity index (χ3n) is 7.99. The molecule has 23 heavy (non-hydrogen) atoms. The predicted molar refractivity (Wildman–Crippen MR) is 86.7 cm³/mol. The maximum atomic E-state index is 13.1. The van der Waals surface area contributed by atoms with Crippen LogP contribution in [-0.2, 0) is 14.4 Å². The molecule has 3 heteroatoms. The van der Waals surface area contributed by atoms with Gasteiger partial charge in [-0.05, 0) is 68.1 Å². The monoisotopic (exact) mass is 316 g/mol. The highest BCUT2D eigenvalue weighted by atomic mass is 16.1. The van der Waals surface area contributed by atoms with Gasteiger partial charge in [-0.25, -0.2) is 0 Å². The van der Waals surface area contributed by atoms with Crippen LogP contribution in [0.3, 0.4) is 0 Å². The van der Waals surface area contributed by atoms with Crippen LogP contribution in [0.4, 0.5) is 0 Å². The van der Waals surface area contributed by atoms with E-state index in [0.29, 0.717) is 54.5 Å². The van der Waals surface area contributed by atoms with Crippen LogP contribution in [0, 0.1) is 40.9 Å². The van der Waals surface area contributed by atoms with E-state index in [1.165, 1.54) is 0 Å². The van der Waals surface area contributed by atoms with Gasteiger partial charge in [0.1, 0.15) is 17.3 Å². The Balaban J connectivity index is 1.64. The van der Waals surface area contributed by atoms with Gasteiger partial charge in [-0.1, -0.05) is 6.92 Å². The standard InChI is InChI=1S/C20H28O3/c1-11(21)16-7-8-17-15-5-3-12-9-13(22)4-6-14(12)19(15)18(23)10-20(16,17)2/h12,14-17,19H,3-10H2,1-2H3/t12-,14-,15-,16+,17-,19+,20+/m0/s1. The Morgan fingerprint density at radius 3 is 2.57 bits per heavy atom. The first-order valence-electron chi connectivity index (χ1n) is 9.46. The molecule has 0 N–H and O–H groups in total. The average molecular weight is 316 g/mol. The fourth-order valence-corrected chi connectivity index (χ4v) is 7.11. The van der Waals surface area contributed by atoms with Crippen molar-refractivity contribution < 1.29 is 14.4 Å². The lowest BCUT2D eigenvalue weighted by Gasteiger charge is -2.54. The molecule has 0 aromatic rings. The van der Waals surface area contributed by atoms with Crippen LogP contribution in [0.25, 0.3) is 0 Å². The van der Waals surface area contributed by atoms with E-state index in [0.717, 1.165) is 32.1 Å². The van der Waals surface area contributed by atoms with E-state index in [1.807, 2.05) is 0 Å². The zero-order chi connectivity index (χ0) is 16.4. The first kappa shape index (κ1) is 15.5. The predicted octanol–water partition coefficient (Wildman–Crippen LogP) is 3.59. The van der Waals surface area contributed by atoms with E-state index in [9.17, 15) is 14.4 Å². The number of fused-ring (bicyclic) bond motifs is 5. The lowest BCUT2D eigenvalue weighted by atomic mass is 9.49. The third kappa shape index (κ3) is 2.18. The number of hydrogen-bond acceptors (Lipinski definition) is 3. The minimum Gasteiger partial charge on any atom is -0.300 e. The van der Waals surface area contributed by atoms with Gasteiger partial charge >= 0.3 is 0 Å². The number of hydrogen-bond donors (Lipinski definition) is 0. The highest BCUT2D eigenvalue weighted by molar-refractivity contribution is 5.87. The molecule has 4 saturated carbocycles. The zero-order valence-corrected chi connectivity index (χ0v) is 14.3. The Morgan fingerprint density at radius 1 is 1.04 bits per heavy atom. The van der Waals surface area contributed by atoms with Gasteiger partial charge in [-0.2, -0.15) is 0 Å². The summed E-state index contributed by atoms with van der Waals surface area (Å²) in [5.74, 6) is 3.27. The first-order valence-corrected chi connectivity index (χ1v) is 9.46. The Kier molecular flexibility index (Phi) is 3.55. The summed E-state index contributed by atoms with van der Waals surface area (Å²) in [7, 11) is 0. The molecule has 0 heterocycles. The molecule has 0 saturated heterocycles. The normalized spacial score (nSPS) is 49.3. The van der Waals surface area contributed by atoms with Crippen LogP contribution in [0.1, 0.15) is 65.2 Å². The second kappa shape index (κ2) is 5.26. The topological polar surface area (TPSA) is 51.2 Å². The van der Waals surface area contributed by atoms with Crippen molar-refractivity contribution in [2.24, 2.45) is 40.9 Å². The van der Waals surface area contributed by atoms with Crippen molar-refractivity contribution in [3.8, 4) is 0 Å². The average Bonchev–Trinajstić information content (AvgIpc) is 2.83. The summed E-state index contributed by atoms with van der Waals surface area (Å²) in [5.41, 5.74) is -0.0958. The number of ketones is 3. The number of carbonyl (C=O) groups is 3. The van der Waals surface area contributed by atoms with Gasteiger partial charge in [0.25, 0.3) is 0 Å². The molecule has 4 fully saturated rings. The number of carbonyl (C=O) groups excluding carboxylic acids is 3. The van der Waals surface area contributed by atoms with Crippen LogP contribution in [0.5, 0.6) is 0 Å². The van der Waals surface area contributed by atoms with E-state index in [1.54, 1.807) is 6.92 Å². The van der Waals surface area contributed by atoms with Crippen molar-refractivity contribution in [1.29, 1.82) is 0 Å². The highest BCUT2D eigenvalue weighted by Gasteiger charge is 2.60. The van der Waals surface area contributed by atoms with Gasteiger partial charge < -0.3 is 0 Å². The maximum absolute atomic E-state index is 13.1. The number of rotatable bonds is 1. The van der Waals surface area contributed by atoms with Crippen LogP contribution >= 0.6 is 0 Å². The molecule has 0 aromatic carbocycles. The Labute approximate surface area is 138 Å². The SMILES string of the molecule is CC(=O)[C@H]1CC[C@H]2[C@@H]3CC[C@H]4CC(=O)CC[C@@H]4[C@H]3C(=O)C[C@]12C. The van der Waals surface area contributed by atoms with Gasteiger partial charge in [-0.3, -0.25) is 14.4 Å².